The molecule has 1 aliphatic rings. The van der Waals surface area contributed by atoms with Gasteiger partial charge in [-0.1, -0.05) is 27.7 Å². The molecule has 1 fully saturated rings. The van der Waals surface area contributed by atoms with Crippen LogP contribution in [-0.4, -0.2) is 65.3 Å². The molecule has 10 heteroatoms. The topological polar surface area (TPSA) is 137 Å². The number of nitrogens with one attached hydrogen (secondary N) is 4. The molecule has 29 heavy (non-hydrogen) atoms. The Labute approximate surface area is 177 Å². The van der Waals surface area contributed by atoms with Crippen molar-refractivity contribution in [2.75, 3.05) is 12.3 Å². The maximum absolute atomic E-state index is 12.9. The second-order valence-corrected chi connectivity index (χ2v) is 8.52. The van der Waals surface area contributed by atoms with E-state index >= 15 is 0 Å². The Bertz CT molecular complexity index is 593. The highest BCUT2D eigenvalue weighted by molar-refractivity contribution is 7.80. The monoisotopic (exact) mass is 430 g/mol. The average Bonchev–Trinajstić information content (AvgIpc) is 3.17. The first-order chi connectivity index (χ1) is 13.6. The number of hydrogen-bond donors (Lipinski definition) is 6. The molecule has 0 saturated carbocycles. The summed E-state index contributed by atoms with van der Waals surface area (Å²) in [6, 6.07) is -3.17. The first-order valence-corrected chi connectivity index (χ1v) is 10.7. The van der Waals surface area contributed by atoms with Crippen LogP contribution in [0.4, 0.5) is 0 Å². The molecule has 4 unspecified atom stereocenters. The van der Waals surface area contributed by atoms with Crippen LogP contribution in [0.3, 0.4) is 0 Å². The van der Waals surface area contributed by atoms with E-state index in [1.807, 2.05) is 13.8 Å². The normalized spacial score (nSPS) is 19.5. The molecule has 0 aliphatic carbocycles. The molecule has 166 valence electrons. The summed E-state index contributed by atoms with van der Waals surface area (Å²) in [5.41, 5.74) is 0. The molecule has 9 nitrogen and oxygen atoms in total. The second kappa shape index (κ2) is 12.0. The van der Waals surface area contributed by atoms with Crippen LogP contribution < -0.4 is 21.3 Å². The Hall–Kier alpha value is -1.81. The number of carboxylic acids is 1. The van der Waals surface area contributed by atoms with Crippen LogP contribution >= 0.6 is 12.6 Å². The van der Waals surface area contributed by atoms with E-state index in [-0.39, 0.29) is 29.5 Å². The maximum Gasteiger partial charge on any atom is 0.327 e. The van der Waals surface area contributed by atoms with Gasteiger partial charge in [0.25, 0.3) is 0 Å². The van der Waals surface area contributed by atoms with Gasteiger partial charge < -0.3 is 26.4 Å². The lowest BCUT2D eigenvalue weighted by Crippen LogP contribution is -2.58. The molecule has 0 bridgehead atoms. The van der Waals surface area contributed by atoms with E-state index in [1.54, 1.807) is 13.8 Å². The molecular weight excluding hydrogens is 396 g/mol. The van der Waals surface area contributed by atoms with Crippen molar-refractivity contribution in [3.63, 3.8) is 0 Å². The zero-order chi connectivity index (χ0) is 22.1. The molecule has 0 aromatic carbocycles. The van der Waals surface area contributed by atoms with Gasteiger partial charge in [-0.05, 0) is 37.6 Å². The highest BCUT2D eigenvalue weighted by Crippen LogP contribution is 2.10. The number of amides is 3. The molecule has 1 rings (SSSR count). The minimum absolute atomic E-state index is 0.0692. The fraction of sp³-hybridized carbons (Fsp3) is 0.789. The molecule has 0 aromatic rings. The van der Waals surface area contributed by atoms with Gasteiger partial charge in [-0.25, -0.2) is 4.79 Å². The van der Waals surface area contributed by atoms with Gasteiger partial charge in [0.2, 0.25) is 17.7 Å². The van der Waals surface area contributed by atoms with Crippen molar-refractivity contribution in [1.82, 2.24) is 21.3 Å². The van der Waals surface area contributed by atoms with Crippen LogP contribution in [0.1, 0.15) is 47.0 Å². The number of hydrogen-bond acceptors (Lipinski definition) is 6. The minimum atomic E-state index is -1.20. The van der Waals surface area contributed by atoms with Gasteiger partial charge in [-0.2, -0.15) is 12.6 Å². The minimum Gasteiger partial charge on any atom is -0.480 e. The second-order valence-electron chi connectivity index (χ2n) is 8.15. The molecule has 4 atom stereocenters. The van der Waals surface area contributed by atoms with Gasteiger partial charge >= 0.3 is 5.97 Å². The third kappa shape index (κ3) is 8.22. The van der Waals surface area contributed by atoms with Crippen molar-refractivity contribution in [3.05, 3.63) is 0 Å². The molecule has 3 amide bonds. The van der Waals surface area contributed by atoms with Gasteiger partial charge in [-0.15, -0.1) is 0 Å². The Morgan fingerprint density at radius 1 is 1.03 bits per heavy atom. The predicted molar refractivity (Wildman–Crippen MR) is 113 cm³/mol. The van der Waals surface area contributed by atoms with Gasteiger partial charge in [0.15, 0.2) is 0 Å². The Morgan fingerprint density at radius 3 is 2.14 bits per heavy atom. The van der Waals surface area contributed by atoms with Crippen LogP contribution in [0.15, 0.2) is 0 Å². The predicted octanol–water partition coefficient (Wildman–Crippen LogP) is -0.0907. The third-order valence-electron chi connectivity index (χ3n) is 4.76. The molecule has 1 aliphatic heterocycles. The summed E-state index contributed by atoms with van der Waals surface area (Å²) in [6.45, 7) is 8.15. The summed E-state index contributed by atoms with van der Waals surface area (Å²) in [4.78, 5) is 49.0. The third-order valence-corrected chi connectivity index (χ3v) is 5.13. The first-order valence-electron chi connectivity index (χ1n) is 10.0. The van der Waals surface area contributed by atoms with Crippen molar-refractivity contribution in [3.8, 4) is 0 Å². The van der Waals surface area contributed by atoms with Gasteiger partial charge in [-0.3, -0.25) is 14.4 Å². The number of thiol groups is 1. The molecule has 1 saturated heterocycles. The fourth-order valence-corrected chi connectivity index (χ4v) is 3.37. The zero-order valence-corrected chi connectivity index (χ0v) is 18.4. The average molecular weight is 431 g/mol. The van der Waals surface area contributed by atoms with Gasteiger partial charge in [0, 0.05) is 5.75 Å². The van der Waals surface area contributed by atoms with Crippen molar-refractivity contribution < 1.29 is 24.3 Å². The molecule has 1 heterocycles. The summed E-state index contributed by atoms with van der Waals surface area (Å²) in [7, 11) is 0. The molecule has 0 radical (unpaired) electrons. The Balaban J connectivity index is 2.84. The smallest absolute Gasteiger partial charge is 0.327 e. The number of carbonyl (C=O) groups excluding carboxylic acids is 3. The zero-order valence-electron chi connectivity index (χ0n) is 17.5. The quantitative estimate of drug-likeness (QED) is 0.254. The summed E-state index contributed by atoms with van der Waals surface area (Å²) in [5.74, 6) is -2.68. The van der Waals surface area contributed by atoms with E-state index in [2.05, 4.69) is 33.9 Å². The fourth-order valence-electron chi connectivity index (χ4n) is 3.12. The van der Waals surface area contributed by atoms with E-state index in [0.717, 1.165) is 19.4 Å². The lowest BCUT2D eigenvalue weighted by Gasteiger charge is -2.27. The van der Waals surface area contributed by atoms with Gasteiger partial charge in [0.1, 0.15) is 18.1 Å². The summed E-state index contributed by atoms with van der Waals surface area (Å²) >= 11 is 3.93. The van der Waals surface area contributed by atoms with Crippen LogP contribution in [0.5, 0.6) is 0 Å². The SMILES string of the molecule is CC(C)CC(NC(=O)C1CCCN1)C(=O)NC(C(=O)NC(CS)C(=O)O)C(C)C. The van der Waals surface area contributed by atoms with Crippen molar-refractivity contribution in [2.24, 2.45) is 11.8 Å². The highest BCUT2D eigenvalue weighted by Gasteiger charge is 2.32. The lowest BCUT2D eigenvalue weighted by molar-refractivity contribution is -0.142. The van der Waals surface area contributed by atoms with E-state index in [1.165, 1.54) is 0 Å². The van der Waals surface area contributed by atoms with Crippen LogP contribution in [0.2, 0.25) is 0 Å². The van der Waals surface area contributed by atoms with E-state index < -0.39 is 35.9 Å². The summed E-state index contributed by atoms with van der Waals surface area (Å²) < 4.78 is 0. The number of carbonyl (C=O) groups is 4. The standard InChI is InChI=1S/C19H34N4O5S/c1-10(2)8-13(21-16(24)12-6-5-7-20-12)17(25)23-15(11(3)4)18(26)22-14(9-29)19(27)28/h10-15,20,29H,5-9H2,1-4H3,(H,21,24)(H,22,26)(H,23,25)(H,27,28). The van der Waals surface area contributed by atoms with Crippen molar-refractivity contribution >= 4 is 36.3 Å². The number of carboxylic acid groups (broad SMARTS) is 1. The van der Waals surface area contributed by atoms with Gasteiger partial charge in [0.05, 0.1) is 6.04 Å². The lowest BCUT2D eigenvalue weighted by atomic mass is 9.99. The largest absolute Gasteiger partial charge is 0.480 e. The highest BCUT2D eigenvalue weighted by atomic mass is 32.1. The Kier molecular flexibility index (Phi) is 10.5. The van der Waals surface area contributed by atoms with Crippen molar-refractivity contribution in [1.29, 1.82) is 0 Å². The molecular formula is C19H34N4O5S. The van der Waals surface area contributed by atoms with E-state index in [9.17, 15) is 19.2 Å². The number of rotatable bonds is 11. The molecule has 5 N–H and O–H groups in total. The number of aliphatic carboxylic acids is 1. The van der Waals surface area contributed by atoms with E-state index in [0.29, 0.717) is 6.42 Å². The molecule has 0 aromatic heterocycles. The maximum atomic E-state index is 12.9. The van der Waals surface area contributed by atoms with Crippen LogP contribution in [0, 0.1) is 11.8 Å². The summed E-state index contributed by atoms with van der Waals surface area (Å²) in [6.07, 6.45) is 2.05. The summed E-state index contributed by atoms with van der Waals surface area (Å²) in [5, 5.41) is 20.1. The first kappa shape index (κ1) is 25.2. The van der Waals surface area contributed by atoms with Crippen LogP contribution in [0.25, 0.3) is 0 Å². The van der Waals surface area contributed by atoms with E-state index in [4.69, 9.17) is 5.11 Å². The Morgan fingerprint density at radius 2 is 1.69 bits per heavy atom. The van der Waals surface area contributed by atoms with Crippen molar-refractivity contribution in [2.45, 2.75) is 71.1 Å². The molecule has 0 spiro atoms. The van der Waals surface area contributed by atoms with Crippen LogP contribution in [-0.2, 0) is 19.2 Å².